The molecule has 0 unspecified atom stereocenters. The van der Waals surface area contributed by atoms with Crippen molar-refractivity contribution in [1.82, 2.24) is 0 Å². The van der Waals surface area contributed by atoms with Crippen molar-refractivity contribution in [2.24, 2.45) is 0 Å². The van der Waals surface area contributed by atoms with E-state index in [9.17, 15) is 0 Å². The van der Waals surface area contributed by atoms with Gasteiger partial charge in [-0.1, -0.05) is 72.8 Å². The number of hydrogen-bond donors (Lipinski definition) is 0. The van der Waals surface area contributed by atoms with Gasteiger partial charge in [0, 0.05) is 54.7 Å². The molecular formula is C39H50O8Si2. The van der Waals surface area contributed by atoms with Crippen molar-refractivity contribution in [3.63, 3.8) is 0 Å². The van der Waals surface area contributed by atoms with Crippen molar-refractivity contribution in [1.29, 1.82) is 0 Å². The number of fused-ring (bicyclic) bond motifs is 3. The van der Waals surface area contributed by atoms with Crippen molar-refractivity contribution in [3.8, 4) is 22.6 Å². The van der Waals surface area contributed by atoms with Gasteiger partial charge in [0.25, 0.3) is 0 Å². The van der Waals surface area contributed by atoms with Crippen molar-refractivity contribution in [3.05, 3.63) is 118 Å². The highest BCUT2D eigenvalue weighted by atomic mass is 28.4. The Morgan fingerprint density at radius 2 is 0.857 bits per heavy atom. The van der Waals surface area contributed by atoms with Crippen molar-refractivity contribution < 1.29 is 36.0 Å². The molecule has 1 aliphatic rings. The van der Waals surface area contributed by atoms with E-state index in [0.29, 0.717) is 25.3 Å². The average molecular weight is 703 g/mol. The van der Waals surface area contributed by atoms with Gasteiger partial charge in [0.1, 0.15) is 11.5 Å². The molecule has 4 aromatic rings. The quantitative estimate of drug-likeness (QED) is 0.0673. The molecule has 0 aromatic heterocycles. The maximum atomic E-state index is 6.30. The summed E-state index contributed by atoms with van der Waals surface area (Å²) in [6, 6.07) is 32.1. The third kappa shape index (κ3) is 7.15. The molecule has 0 N–H and O–H groups in total. The van der Waals surface area contributed by atoms with Crippen LogP contribution in [0.2, 0.25) is 12.1 Å². The predicted octanol–water partition coefficient (Wildman–Crippen LogP) is 7.96. The molecule has 10 heteroatoms. The van der Waals surface area contributed by atoms with Crippen molar-refractivity contribution >= 4 is 17.6 Å². The van der Waals surface area contributed by atoms with E-state index in [1.54, 1.807) is 42.7 Å². The molecule has 0 heterocycles. The summed E-state index contributed by atoms with van der Waals surface area (Å²) in [7, 11) is 4.55. The summed E-state index contributed by atoms with van der Waals surface area (Å²) >= 11 is 0. The summed E-state index contributed by atoms with van der Waals surface area (Å²) < 4.78 is 46.1. The number of hydrogen-bond acceptors (Lipinski definition) is 8. The van der Waals surface area contributed by atoms with Crippen LogP contribution in [-0.4, -0.2) is 73.5 Å². The first-order valence-corrected chi connectivity index (χ1v) is 20.6. The maximum absolute atomic E-state index is 6.30. The predicted molar refractivity (Wildman–Crippen MR) is 197 cm³/mol. The molecule has 5 rings (SSSR count). The third-order valence-corrected chi connectivity index (χ3v) is 15.5. The van der Waals surface area contributed by atoms with Crippen LogP contribution in [0, 0.1) is 13.8 Å². The van der Waals surface area contributed by atoms with E-state index in [1.165, 1.54) is 33.4 Å². The fourth-order valence-corrected chi connectivity index (χ4v) is 10.5. The molecule has 0 radical (unpaired) electrons. The fourth-order valence-electron chi connectivity index (χ4n) is 7.17. The average Bonchev–Trinajstić information content (AvgIpc) is 3.44. The molecule has 8 nitrogen and oxygen atoms in total. The second-order valence-corrected chi connectivity index (χ2v) is 18.5. The van der Waals surface area contributed by atoms with Crippen LogP contribution in [0.25, 0.3) is 11.1 Å². The zero-order valence-corrected chi connectivity index (χ0v) is 32.1. The van der Waals surface area contributed by atoms with Gasteiger partial charge in [0.05, 0.1) is 18.6 Å². The van der Waals surface area contributed by atoms with Gasteiger partial charge in [-0.05, 0) is 83.3 Å². The summed E-state index contributed by atoms with van der Waals surface area (Å²) in [5.74, 6) is 1.72. The Labute approximate surface area is 293 Å². The maximum Gasteiger partial charge on any atom is 0.500 e. The van der Waals surface area contributed by atoms with E-state index in [-0.39, 0.29) is 0 Å². The topological polar surface area (TPSA) is 73.8 Å². The van der Waals surface area contributed by atoms with E-state index in [0.717, 1.165) is 35.5 Å². The number of rotatable bonds is 18. The number of benzene rings is 4. The lowest BCUT2D eigenvalue weighted by molar-refractivity contribution is 0.120. The smallest absolute Gasteiger partial charge is 0.493 e. The van der Waals surface area contributed by atoms with E-state index in [1.807, 2.05) is 0 Å². The highest BCUT2D eigenvalue weighted by Crippen LogP contribution is 2.56. The van der Waals surface area contributed by atoms with Crippen LogP contribution in [0.1, 0.15) is 46.2 Å². The molecule has 0 amide bonds. The molecule has 0 saturated heterocycles. The van der Waals surface area contributed by atoms with Gasteiger partial charge in [-0.2, -0.15) is 0 Å². The molecular weight excluding hydrogens is 653 g/mol. The molecule has 0 spiro atoms. The molecule has 0 aliphatic heterocycles. The van der Waals surface area contributed by atoms with Crippen LogP contribution >= 0.6 is 0 Å². The van der Waals surface area contributed by atoms with Crippen molar-refractivity contribution in [2.75, 3.05) is 55.9 Å². The van der Waals surface area contributed by atoms with Crippen LogP contribution in [-0.2, 0) is 32.0 Å². The summed E-state index contributed by atoms with van der Waals surface area (Å²) in [5.41, 5.74) is 9.02. The number of ether oxygens (including phenoxy) is 2. The van der Waals surface area contributed by atoms with Crippen LogP contribution < -0.4 is 9.47 Å². The molecule has 0 saturated carbocycles. The van der Waals surface area contributed by atoms with Crippen LogP contribution in [0.5, 0.6) is 11.5 Å². The molecule has 4 aromatic carbocycles. The fraction of sp³-hybridized carbons (Fsp3) is 0.385. The molecule has 0 fully saturated rings. The van der Waals surface area contributed by atoms with Gasteiger partial charge < -0.3 is 36.0 Å². The minimum absolute atomic E-state index is 0.527. The van der Waals surface area contributed by atoms with Gasteiger partial charge in [0.2, 0.25) is 0 Å². The minimum atomic E-state index is -2.64. The first-order valence-electron chi connectivity index (χ1n) is 16.7. The Hall–Kier alpha value is -3.33. The Kier molecular flexibility index (Phi) is 12.2. The minimum Gasteiger partial charge on any atom is -0.493 e. The van der Waals surface area contributed by atoms with Gasteiger partial charge in [0.15, 0.2) is 0 Å². The van der Waals surface area contributed by atoms with E-state index >= 15 is 0 Å². The number of aryl methyl sites for hydroxylation is 2. The monoisotopic (exact) mass is 702 g/mol. The normalized spacial score (nSPS) is 13.6. The van der Waals surface area contributed by atoms with Gasteiger partial charge >= 0.3 is 17.6 Å². The summed E-state index contributed by atoms with van der Waals surface area (Å²) in [5, 5.41) is 0. The largest absolute Gasteiger partial charge is 0.500 e. The van der Waals surface area contributed by atoms with Gasteiger partial charge in [-0.25, -0.2) is 0 Å². The van der Waals surface area contributed by atoms with Crippen molar-refractivity contribution in [2.45, 2.75) is 44.2 Å². The lowest BCUT2D eigenvalue weighted by Gasteiger charge is -2.34. The Morgan fingerprint density at radius 1 is 0.490 bits per heavy atom. The van der Waals surface area contributed by atoms with Crippen LogP contribution in [0.15, 0.2) is 84.9 Å². The molecule has 262 valence electrons. The zero-order valence-electron chi connectivity index (χ0n) is 30.1. The van der Waals surface area contributed by atoms with Gasteiger partial charge in [-0.3, -0.25) is 0 Å². The van der Waals surface area contributed by atoms with E-state index in [2.05, 4.69) is 98.8 Å². The molecule has 1 aliphatic carbocycles. The standard InChI is InChI=1S/C39H50O8Si2/c1-29-27-31(19-21-37(29)46-23-13-25-48(40-3,41-4)42-5)39(35-17-11-9-15-33(35)34-16-10-12-18-36(34)39)32-20-22-38(30(2)28-32)47-24-14-26-49(43-6,44-7)45-8/h9-12,15-22,27-28H,13-14,23-26H2,1-8H3. The lowest BCUT2D eigenvalue weighted by atomic mass is 9.67. The SMILES string of the molecule is CO[Si](CCCOc1ccc(C2(c3ccc(OCCC[Si](OC)(OC)OC)c(C)c3)c3ccccc3-c3ccccc32)cc1C)(OC)OC. The Balaban J connectivity index is 1.47. The summed E-state index contributed by atoms with van der Waals surface area (Å²) in [6.45, 7) is 5.31. The Bertz CT molecular complexity index is 1560. The second kappa shape index (κ2) is 16.1. The van der Waals surface area contributed by atoms with E-state index in [4.69, 9.17) is 36.0 Å². The Morgan fingerprint density at radius 3 is 1.20 bits per heavy atom. The molecule has 0 atom stereocenters. The third-order valence-electron chi connectivity index (χ3n) is 9.80. The highest BCUT2D eigenvalue weighted by Gasteiger charge is 2.46. The van der Waals surface area contributed by atoms with Crippen LogP contribution in [0.4, 0.5) is 0 Å². The van der Waals surface area contributed by atoms with Gasteiger partial charge in [-0.15, -0.1) is 0 Å². The molecule has 0 bridgehead atoms. The highest BCUT2D eigenvalue weighted by molar-refractivity contribution is 6.60. The zero-order chi connectivity index (χ0) is 35.1. The summed E-state index contributed by atoms with van der Waals surface area (Å²) in [4.78, 5) is 0. The second-order valence-electron chi connectivity index (χ2n) is 12.3. The van der Waals surface area contributed by atoms with E-state index < -0.39 is 23.0 Å². The lowest BCUT2D eigenvalue weighted by Crippen LogP contribution is -2.42. The van der Waals surface area contributed by atoms with Crippen LogP contribution in [0.3, 0.4) is 0 Å². The first-order chi connectivity index (χ1) is 23.8. The summed E-state index contributed by atoms with van der Waals surface area (Å²) in [6.07, 6.45) is 1.52. The molecule has 49 heavy (non-hydrogen) atoms. The first kappa shape index (κ1) is 36.9.